The maximum absolute atomic E-state index is 14.3. The Morgan fingerprint density at radius 1 is 1.26 bits per heavy atom. The molecule has 27 heavy (non-hydrogen) atoms. The molecular weight excluding hydrogens is 390 g/mol. The van der Waals surface area contributed by atoms with Gasteiger partial charge in [-0.3, -0.25) is 9.78 Å². The number of benzene rings is 1. The number of carbonyl (C=O) groups excluding carboxylic acids is 1. The Labute approximate surface area is 158 Å². The van der Waals surface area contributed by atoms with E-state index >= 15 is 0 Å². The predicted molar refractivity (Wildman–Crippen MR) is 92.4 cm³/mol. The Balaban J connectivity index is 0.00000261. The standard InChI is InChI=1S/C17H15F4N3O2.ClH/c18-13-8-11(1-2-12(13)14-9-22-5-6-26-14)24-16(25)10-3-4-23-15(7-10)17(19,20)21;/h1-4,7-8,14,22H,5-6,9H2,(H,24,25);1H. The van der Waals surface area contributed by atoms with Gasteiger partial charge >= 0.3 is 6.18 Å². The van der Waals surface area contributed by atoms with Crippen LogP contribution in [0.5, 0.6) is 0 Å². The second kappa shape index (κ2) is 8.64. The number of ether oxygens (including phenoxy) is 1. The predicted octanol–water partition coefficient (Wildman–Crippen LogP) is 3.57. The fourth-order valence-electron chi connectivity index (χ4n) is 2.56. The molecule has 1 fully saturated rings. The fourth-order valence-corrected chi connectivity index (χ4v) is 2.56. The average molecular weight is 406 g/mol. The van der Waals surface area contributed by atoms with Crippen molar-refractivity contribution in [3.63, 3.8) is 0 Å². The molecule has 1 aromatic heterocycles. The first-order valence-electron chi connectivity index (χ1n) is 7.81. The zero-order chi connectivity index (χ0) is 18.7. The molecule has 10 heteroatoms. The SMILES string of the molecule is Cl.O=C(Nc1ccc(C2CNCCO2)c(F)c1)c1ccnc(C(F)(F)F)c1. The lowest BCUT2D eigenvalue weighted by molar-refractivity contribution is -0.141. The van der Waals surface area contributed by atoms with Crippen LogP contribution in [-0.4, -0.2) is 30.6 Å². The van der Waals surface area contributed by atoms with Gasteiger partial charge in [0.05, 0.1) is 12.7 Å². The molecule has 0 saturated carbocycles. The molecule has 1 saturated heterocycles. The van der Waals surface area contributed by atoms with Crippen molar-refractivity contribution in [2.24, 2.45) is 0 Å². The molecule has 3 rings (SSSR count). The molecule has 0 spiro atoms. The van der Waals surface area contributed by atoms with Crippen molar-refractivity contribution >= 4 is 24.0 Å². The largest absolute Gasteiger partial charge is 0.433 e. The first-order valence-corrected chi connectivity index (χ1v) is 7.81. The van der Waals surface area contributed by atoms with Crippen molar-refractivity contribution in [1.82, 2.24) is 10.3 Å². The Hall–Kier alpha value is -2.23. The Morgan fingerprint density at radius 2 is 2.04 bits per heavy atom. The molecule has 1 aromatic carbocycles. The number of halogens is 5. The van der Waals surface area contributed by atoms with Crippen LogP contribution in [0.25, 0.3) is 0 Å². The highest BCUT2D eigenvalue weighted by atomic mass is 35.5. The minimum Gasteiger partial charge on any atom is -0.371 e. The van der Waals surface area contributed by atoms with Crippen molar-refractivity contribution in [2.45, 2.75) is 12.3 Å². The second-order valence-electron chi connectivity index (χ2n) is 5.68. The highest BCUT2D eigenvalue weighted by molar-refractivity contribution is 6.04. The quantitative estimate of drug-likeness (QED) is 0.766. The third-order valence-electron chi connectivity index (χ3n) is 3.85. The van der Waals surface area contributed by atoms with E-state index in [0.717, 1.165) is 18.3 Å². The lowest BCUT2D eigenvalue weighted by Gasteiger charge is -2.24. The number of nitrogens with zero attached hydrogens (tertiary/aromatic N) is 1. The van der Waals surface area contributed by atoms with Crippen LogP contribution in [0.1, 0.15) is 27.7 Å². The van der Waals surface area contributed by atoms with Crippen LogP contribution in [0.3, 0.4) is 0 Å². The summed E-state index contributed by atoms with van der Waals surface area (Å²) in [6, 6.07) is 5.85. The molecule has 2 N–H and O–H groups in total. The molecule has 2 heterocycles. The number of pyridine rings is 1. The Morgan fingerprint density at radius 3 is 2.67 bits per heavy atom. The summed E-state index contributed by atoms with van der Waals surface area (Å²) in [6.07, 6.45) is -4.18. The minimum atomic E-state index is -4.65. The van der Waals surface area contributed by atoms with E-state index in [1.165, 1.54) is 12.1 Å². The van der Waals surface area contributed by atoms with Crippen molar-refractivity contribution in [1.29, 1.82) is 0 Å². The monoisotopic (exact) mass is 405 g/mol. The summed E-state index contributed by atoms with van der Waals surface area (Å²) < 4.78 is 57.8. The summed E-state index contributed by atoms with van der Waals surface area (Å²) >= 11 is 0. The number of carbonyl (C=O) groups is 1. The summed E-state index contributed by atoms with van der Waals surface area (Å²) in [7, 11) is 0. The smallest absolute Gasteiger partial charge is 0.371 e. The van der Waals surface area contributed by atoms with E-state index in [0.29, 0.717) is 31.3 Å². The summed E-state index contributed by atoms with van der Waals surface area (Å²) in [5.41, 5.74) is -0.922. The lowest BCUT2D eigenvalue weighted by atomic mass is 10.1. The van der Waals surface area contributed by atoms with Gasteiger partial charge < -0.3 is 15.4 Å². The van der Waals surface area contributed by atoms with Gasteiger partial charge in [-0.05, 0) is 24.3 Å². The van der Waals surface area contributed by atoms with Gasteiger partial charge in [0.25, 0.3) is 5.91 Å². The number of nitrogens with one attached hydrogen (secondary N) is 2. The average Bonchev–Trinajstić information content (AvgIpc) is 2.62. The third kappa shape index (κ3) is 5.15. The molecule has 0 bridgehead atoms. The van der Waals surface area contributed by atoms with Gasteiger partial charge in [-0.15, -0.1) is 12.4 Å². The Kier molecular flexibility index (Phi) is 6.74. The van der Waals surface area contributed by atoms with Gasteiger partial charge in [0.15, 0.2) is 0 Å². The molecule has 1 atom stereocenters. The number of alkyl halides is 3. The molecule has 1 aliphatic rings. The molecule has 146 valence electrons. The van der Waals surface area contributed by atoms with Crippen LogP contribution in [0.4, 0.5) is 23.2 Å². The van der Waals surface area contributed by atoms with Gasteiger partial charge in [-0.1, -0.05) is 6.07 Å². The third-order valence-corrected chi connectivity index (χ3v) is 3.85. The second-order valence-corrected chi connectivity index (χ2v) is 5.68. The van der Waals surface area contributed by atoms with Crippen molar-refractivity contribution < 1.29 is 27.1 Å². The molecule has 1 amide bonds. The Bertz CT molecular complexity index is 811. The van der Waals surface area contributed by atoms with Gasteiger partial charge in [-0.2, -0.15) is 13.2 Å². The van der Waals surface area contributed by atoms with Crippen LogP contribution >= 0.6 is 12.4 Å². The zero-order valence-electron chi connectivity index (χ0n) is 13.8. The number of rotatable bonds is 3. The highest BCUT2D eigenvalue weighted by Gasteiger charge is 2.33. The topological polar surface area (TPSA) is 63.2 Å². The van der Waals surface area contributed by atoms with Gasteiger partial charge in [0.2, 0.25) is 0 Å². The van der Waals surface area contributed by atoms with E-state index in [1.807, 2.05) is 0 Å². The van der Waals surface area contributed by atoms with E-state index in [4.69, 9.17) is 4.74 Å². The van der Waals surface area contributed by atoms with Crippen LogP contribution < -0.4 is 10.6 Å². The molecular formula is C17H16ClF4N3O2. The van der Waals surface area contributed by atoms with Crippen molar-refractivity contribution in [3.8, 4) is 0 Å². The molecule has 5 nitrogen and oxygen atoms in total. The van der Waals surface area contributed by atoms with Crippen molar-refractivity contribution in [2.75, 3.05) is 25.0 Å². The summed E-state index contributed by atoms with van der Waals surface area (Å²) in [5.74, 6) is -1.36. The lowest BCUT2D eigenvalue weighted by Crippen LogP contribution is -2.33. The fraction of sp³-hybridized carbons (Fsp3) is 0.294. The number of aromatic nitrogens is 1. The van der Waals surface area contributed by atoms with E-state index < -0.39 is 29.7 Å². The molecule has 0 aliphatic carbocycles. The first-order chi connectivity index (χ1) is 12.3. The normalized spacial score (nSPS) is 17.1. The molecule has 1 aliphatic heterocycles. The number of morpholine rings is 1. The van der Waals surface area contributed by atoms with Gasteiger partial charge in [0.1, 0.15) is 11.5 Å². The van der Waals surface area contributed by atoms with E-state index in [1.54, 1.807) is 0 Å². The maximum atomic E-state index is 14.3. The van der Waals surface area contributed by atoms with Gasteiger partial charge in [-0.25, -0.2) is 4.39 Å². The molecule has 0 radical (unpaired) electrons. The van der Waals surface area contributed by atoms with Crippen molar-refractivity contribution in [3.05, 3.63) is 59.2 Å². The maximum Gasteiger partial charge on any atom is 0.433 e. The van der Waals surface area contributed by atoms with E-state index in [9.17, 15) is 22.4 Å². The highest BCUT2D eigenvalue weighted by Crippen LogP contribution is 2.28. The molecule has 1 unspecified atom stereocenters. The minimum absolute atomic E-state index is 0. The van der Waals surface area contributed by atoms with Crippen LogP contribution in [0, 0.1) is 5.82 Å². The number of hydrogen-bond donors (Lipinski definition) is 2. The summed E-state index contributed by atoms with van der Waals surface area (Å²) in [5, 5.41) is 5.46. The van der Waals surface area contributed by atoms with Crippen LogP contribution in [0.15, 0.2) is 36.5 Å². The van der Waals surface area contributed by atoms with Crippen LogP contribution in [-0.2, 0) is 10.9 Å². The summed E-state index contributed by atoms with van der Waals surface area (Å²) in [6.45, 7) is 1.63. The molecule has 2 aromatic rings. The zero-order valence-corrected chi connectivity index (χ0v) is 14.7. The number of anilines is 1. The number of hydrogen-bond acceptors (Lipinski definition) is 4. The summed E-state index contributed by atoms with van der Waals surface area (Å²) in [4.78, 5) is 15.3. The van der Waals surface area contributed by atoms with Crippen LogP contribution in [0.2, 0.25) is 0 Å². The van der Waals surface area contributed by atoms with E-state index in [-0.39, 0.29) is 23.7 Å². The van der Waals surface area contributed by atoms with Gasteiger partial charge in [0, 0.05) is 36.1 Å². The van der Waals surface area contributed by atoms with E-state index in [2.05, 4.69) is 15.6 Å². The number of amides is 1. The first kappa shape index (κ1) is 21.1.